The standard InChI is InChI=1S/C24H30N2O4/c27-23(14-28-19-6-7-21-22(12-19)30-15-29-21)26-9-3-4-16-10-17-11-18(24(16)26)13-25-8-2-1-5-20(17)25/h6-7,10,12,17-18,20,24H,1-5,8-9,11,13-15H2/t17-,18-,20-,24+/m0/s1. The molecule has 6 heteroatoms. The predicted octanol–water partition coefficient (Wildman–Crippen LogP) is 3.22. The van der Waals surface area contributed by atoms with Crippen molar-refractivity contribution in [2.75, 3.05) is 33.0 Å². The van der Waals surface area contributed by atoms with Crippen LogP contribution in [0.3, 0.4) is 0 Å². The second kappa shape index (κ2) is 7.49. The van der Waals surface area contributed by atoms with E-state index in [1.807, 2.05) is 12.1 Å². The van der Waals surface area contributed by atoms with Gasteiger partial charge < -0.3 is 19.1 Å². The largest absolute Gasteiger partial charge is 0.484 e. The van der Waals surface area contributed by atoms with Crippen LogP contribution in [0.25, 0.3) is 0 Å². The molecule has 6 rings (SSSR count). The van der Waals surface area contributed by atoms with E-state index in [4.69, 9.17) is 14.2 Å². The summed E-state index contributed by atoms with van der Waals surface area (Å²) in [5.41, 5.74) is 1.52. The molecule has 30 heavy (non-hydrogen) atoms. The van der Waals surface area contributed by atoms with Crippen molar-refractivity contribution >= 4 is 5.91 Å². The number of likely N-dealkylation sites (tertiary alicyclic amines) is 1. The van der Waals surface area contributed by atoms with Crippen LogP contribution in [0.4, 0.5) is 0 Å². The highest BCUT2D eigenvalue weighted by molar-refractivity contribution is 5.79. The molecule has 1 aromatic rings. The lowest BCUT2D eigenvalue weighted by Crippen LogP contribution is -2.60. The van der Waals surface area contributed by atoms with Crippen LogP contribution < -0.4 is 14.2 Å². The van der Waals surface area contributed by atoms with Crippen molar-refractivity contribution in [3.63, 3.8) is 0 Å². The molecule has 3 saturated heterocycles. The van der Waals surface area contributed by atoms with Crippen molar-refractivity contribution in [3.8, 4) is 17.2 Å². The van der Waals surface area contributed by atoms with Crippen LogP contribution in [0.1, 0.15) is 38.5 Å². The van der Waals surface area contributed by atoms with Crippen LogP contribution in [0, 0.1) is 11.8 Å². The fraction of sp³-hybridized carbons (Fsp3) is 0.625. The molecular weight excluding hydrogens is 380 g/mol. The van der Waals surface area contributed by atoms with Crippen molar-refractivity contribution < 1.29 is 19.0 Å². The Morgan fingerprint density at radius 2 is 2.07 bits per heavy atom. The van der Waals surface area contributed by atoms with E-state index in [1.165, 1.54) is 37.8 Å². The molecule has 4 atom stereocenters. The molecule has 0 unspecified atom stereocenters. The minimum Gasteiger partial charge on any atom is -0.484 e. The molecule has 1 amide bonds. The molecule has 0 aromatic heterocycles. The van der Waals surface area contributed by atoms with Gasteiger partial charge in [0.1, 0.15) is 5.75 Å². The Kier molecular flexibility index (Phi) is 4.63. The van der Waals surface area contributed by atoms with E-state index < -0.39 is 0 Å². The highest BCUT2D eigenvalue weighted by Gasteiger charge is 2.46. The van der Waals surface area contributed by atoms with Crippen molar-refractivity contribution in [2.24, 2.45) is 11.8 Å². The zero-order valence-electron chi connectivity index (χ0n) is 17.4. The number of carbonyl (C=O) groups excluding carboxylic acids is 1. The van der Waals surface area contributed by atoms with Gasteiger partial charge in [-0.2, -0.15) is 0 Å². The molecule has 4 aliphatic heterocycles. The highest BCUT2D eigenvalue weighted by Crippen LogP contribution is 2.45. The van der Waals surface area contributed by atoms with E-state index in [-0.39, 0.29) is 25.3 Å². The second-order valence-corrected chi connectivity index (χ2v) is 9.40. The average molecular weight is 411 g/mol. The lowest BCUT2D eigenvalue weighted by atomic mass is 9.68. The zero-order valence-corrected chi connectivity index (χ0v) is 17.4. The van der Waals surface area contributed by atoms with Gasteiger partial charge in [-0.05, 0) is 62.6 Å². The van der Waals surface area contributed by atoms with Crippen molar-refractivity contribution in [1.82, 2.24) is 9.80 Å². The zero-order chi connectivity index (χ0) is 20.1. The summed E-state index contributed by atoms with van der Waals surface area (Å²) in [6.45, 7) is 3.54. The Morgan fingerprint density at radius 1 is 1.13 bits per heavy atom. The molecule has 0 spiro atoms. The number of carbonyl (C=O) groups is 1. The lowest BCUT2D eigenvalue weighted by Gasteiger charge is -2.54. The van der Waals surface area contributed by atoms with Crippen LogP contribution in [-0.4, -0.2) is 60.8 Å². The Labute approximate surface area is 177 Å². The number of nitrogens with zero attached hydrogens (tertiary/aromatic N) is 2. The minimum absolute atomic E-state index is 0.0753. The third-order valence-corrected chi connectivity index (χ3v) is 7.68. The van der Waals surface area contributed by atoms with Gasteiger partial charge in [-0.1, -0.05) is 18.1 Å². The lowest BCUT2D eigenvalue weighted by molar-refractivity contribution is -0.138. The van der Waals surface area contributed by atoms with Crippen LogP contribution in [0.5, 0.6) is 17.2 Å². The van der Waals surface area contributed by atoms with Gasteiger partial charge in [0.25, 0.3) is 5.91 Å². The van der Waals surface area contributed by atoms with Gasteiger partial charge in [-0.25, -0.2) is 0 Å². The normalized spacial score (nSPS) is 32.1. The van der Waals surface area contributed by atoms with E-state index in [1.54, 1.807) is 6.07 Å². The molecule has 160 valence electrons. The summed E-state index contributed by atoms with van der Waals surface area (Å²) < 4.78 is 16.6. The maximum absolute atomic E-state index is 13.2. The fourth-order valence-corrected chi connectivity index (χ4v) is 6.45. The van der Waals surface area contributed by atoms with Crippen LogP contribution in [0.2, 0.25) is 0 Å². The first-order valence-electron chi connectivity index (χ1n) is 11.5. The molecule has 1 aliphatic carbocycles. The molecule has 0 saturated carbocycles. The van der Waals surface area contributed by atoms with Crippen LogP contribution >= 0.6 is 0 Å². The molecule has 2 bridgehead atoms. The Bertz CT molecular complexity index is 869. The minimum atomic E-state index is 0.0753. The topological polar surface area (TPSA) is 51.2 Å². The van der Waals surface area contributed by atoms with E-state index in [9.17, 15) is 4.79 Å². The number of piperidine rings is 3. The summed E-state index contributed by atoms with van der Waals surface area (Å²) in [6, 6.07) is 6.49. The third kappa shape index (κ3) is 3.16. The highest BCUT2D eigenvalue weighted by atomic mass is 16.7. The number of benzene rings is 1. The molecule has 4 heterocycles. The summed E-state index contributed by atoms with van der Waals surface area (Å²) in [4.78, 5) is 18.0. The van der Waals surface area contributed by atoms with Crippen molar-refractivity contribution in [2.45, 2.75) is 50.6 Å². The first-order valence-corrected chi connectivity index (χ1v) is 11.5. The van der Waals surface area contributed by atoms with Gasteiger partial charge in [-0.3, -0.25) is 9.69 Å². The summed E-state index contributed by atoms with van der Waals surface area (Å²) in [7, 11) is 0. The van der Waals surface area contributed by atoms with Crippen LogP contribution in [-0.2, 0) is 4.79 Å². The number of fused-ring (bicyclic) bond motifs is 7. The van der Waals surface area contributed by atoms with Crippen molar-refractivity contribution in [1.29, 1.82) is 0 Å². The van der Waals surface area contributed by atoms with Crippen LogP contribution in [0.15, 0.2) is 29.8 Å². The summed E-state index contributed by atoms with van der Waals surface area (Å²) in [6.07, 6.45) is 10.0. The maximum atomic E-state index is 13.2. The molecule has 6 nitrogen and oxygen atoms in total. The number of rotatable bonds is 3. The van der Waals surface area contributed by atoms with Gasteiger partial charge in [0, 0.05) is 25.2 Å². The molecule has 3 fully saturated rings. The summed E-state index contributed by atoms with van der Waals surface area (Å²) >= 11 is 0. The number of ether oxygens (including phenoxy) is 3. The third-order valence-electron chi connectivity index (χ3n) is 7.68. The molecule has 1 aromatic carbocycles. The van der Waals surface area contributed by atoms with Gasteiger partial charge in [0.2, 0.25) is 6.79 Å². The SMILES string of the molecule is O=C(COc1ccc2c(c1)OCO2)N1CCCC2=C[C@H]3C[C@@H](CN4CCCC[C@@H]34)[C@@H]21. The molecule has 5 aliphatic rings. The summed E-state index contributed by atoms with van der Waals surface area (Å²) in [5.74, 6) is 3.42. The predicted molar refractivity (Wildman–Crippen MR) is 112 cm³/mol. The van der Waals surface area contributed by atoms with E-state index in [0.29, 0.717) is 23.3 Å². The number of hydrogen-bond donors (Lipinski definition) is 0. The number of hydrogen-bond acceptors (Lipinski definition) is 5. The quantitative estimate of drug-likeness (QED) is 0.717. The van der Waals surface area contributed by atoms with Gasteiger partial charge >= 0.3 is 0 Å². The van der Waals surface area contributed by atoms with Gasteiger partial charge in [-0.15, -0.1) is 0 Å². The summed E-state index contributed by atoms with van der Waals surface area (Å²) in [5, 5.41) is 0. The van der Waals surface area contributed by atoms with Gasteiger partial charge in [0.15, 0.2) is 18.1 Å². The monoisotopic (exact) mass is 410 g/mol. The van der Waals surface area contributed by atoms with E-state index in [2.05, 4.69) is 15.9 Å². The first-order chi connectivity index (χ1) is 14.8. The van der Waals surface area contributed by atoms with E-state index >= 15 is 0 Å². The van der Waals surface area contributed by atoms with Crippen molar-refractivity contribution in [3.05, 3.63) is 29.8 Å². The Morgan fingerprint density at radius 3 is 3.03 bits per heavy atom. The Balaban J connectivity index is 1.17. The molecule has 0 radical (unpaired) electrons. The Hall–Kier alpha value is -2.21. The molecular formula is C24H30N2O4. The van der Waals surface area contributed by atoms with Gasteiger partial charge in [0.05, 0.1) is 6.04 Å². The number of amides is 1. The first kappa shape index (κ1) is 18.6. The van der Waals surface area contributed by atoms with E-state index in [0.717, 1.165) is 37.7 Å². The second-order valence-electron chi connectivity index (χ2n) is 9.40. The average Bonchev–Trinajstić information content (AvgIpc) is 3.25. The molecule has 0 N–H and O–H groups in total. The fourth-order valence-electron chi connectivity index (χ4n) is 6.45. The maximum Gasteiger partial charge on any atom is 0.261 e. The smallest absolute Gasteiger partial charge is 0.261 e.